The first-order chi connectivity index (χ1) is 7.52. The van der Waals surface area contributed by atoms with Crippen molar-refractivity contribution in [3.8, 4) is 0 Å². The highest BCUT2D eigenvalue weighted by molar-refractivity contribution is 9.11. The quantitative estimate of drug-likeness (QED) is 0.897. The Morgan fingerprint density at radius 3 is 2.88 bits per heavy atom. The summed E-state index contributed by atoms with van der Waals surface area (Å²) in [6.07, 6.45) is 0.829. The van der Waals surface area contributed by atoms with Crippen LogP contribution < -0.4 is 5.73 Å². The van der Waals surface area contributed by atoms with Gasteiger partial charge < -0.3 is 10.8 Å². The number of halogens is 1. The fraction of sp³-hybridized carbons (Fsp3) is 0.636. The van der Waals surface area contributed by atoms with Crippen LogP contribution in [-0.4, -0.2) is 35.2 Å². The van der Waals surface area contributed by atoms with Gasteiger partial charge in [0.15, 0.2) is 0 Å². The van der Waals surface area contributed by atoms with Crippen LogP contribution in [0.25, 0.3) is 0 Å². The highest BCUT2D eigenvalue weighted by Gasteiger charge is 2.35. The molecule has 2 atom stereocenters. The van der Waals surface area contributed by atoms with Gasteiger partial charge in [0.05, 0.1) is 15.4 Å². The second-order valence-electron chi connectivity index (χ2n) is 4.61. The molecule has 0 aromatic carbocycles. The third-order valence-electron chi connectivity index (χ3n) is 3.07. The van der Waals surface area contributed by atoms with Crippen molar-refractivity contribution >= 4 is 27.3 Å². The molecule has 16 heavy (non-hydrogen) atoms. The van der Waals surface area contributed by atoms with Crippen LogP contribution in [0.15, 0.2) is 15.9 Å². The molecule has 0 bridgehead atoms. The number of aliphatic hydroxyl groups is 1. The average molecular weight is 305 g/mol. The summed E-state index contributed by atoms with van der Waals surface area (Å²) in [6, 6.07) is 4.40. The van der Waals surface area contributed by atoms with E-state index < -0.39 is 5.60 Å². The number of hydrogen-bond acceptors (Lipinski definition) is 4. The molecule has 1 aliphatic heterocycles. The fourth-order valence-electron chi connectivity index (χ4n) is 2.20. The summed E-state index contributed by atoms with van der Waals surface area (Å²) in [5.41, 5.74) is 5.30. The van der Waals surface area contributed by atoms with Crippen LogP contribution in [0.4, 0.5) is 0 Å². The van der Waals surface area contributed by atoms with Crippen LogP contribution in [0.2, 0.25) is 0 Å². The first-order valence-electron chi connectivity index (χ1n) is 5.43. The molecular formula is C11H17BrN2OS. The van der Waals surface area contributed by atoms with Crippen molar-refractivity contribution < 1.29 is 5.11 Å². The molecule has 2 rings (SSSR count). The maximum Gasteiger partial charge on any atom is 0.0758 e. The average Bonchev–Trinajstić information content (AvgIpc) is 2.75. The number of nitrogens with zero attached hydrogens (tertiary/aromatic N) is 1. The third-order valence-corrected chi connectivity index (χ3v) is 4.79. The van der Waals surface area contributed by atoms with E-state index in [1.807, 2.05) is 6.92 Å². The van der Waals surface area contributed by atoms with E-state index in [1.54, 1.807) is 11.3 Å². The van der Waals surface area contributed by atoms with E-state index in [0.717, 1.165) is 16.8 Å². The molecule has 0 aliphatic carbocycles. The van der Waals surface area contributed by atoms with Gasteiger partial charge in [0, 0.05) is 24.5 Å². The molecule has 1 aromatic rings. The van der Waals surface area contributed by atoms with Gasteiger partial charge in [-0.15, -0.1) is 11.3 Å². The molecular weight excluding hydrogens is 288 g/mol. The zero-order valence-corrected chi connectivity index (χ0v) is 11.7. The van der Waals surface area contributed by atoms with E-state index in [1.165, 1.54) is 4.88 Å². The van der Waals surface area contributed by atoms with Gasteiger partial charge in [-0.25, -0.2) is 0 Å². The Balaban J connectivity index is 2.12. The first kappa shape index (κ1) is 12.5. The lowest BCUT2D eigenvalue weighted by molar-refractivity contribution is 0.0629. The predicted molar refractivity (Wildman–Crippen MR) is 70.6 cm³/mol. The van der Waals surface area contributed by atoms with Gasteiger partial charge in [-0.3, -0.25) is 4.90 Å². The number of likely N-dealkylation sites (tertiary alicyclic amines) is 1. The van der Waals surface area contributed by atoms with Gasteiger partial charge in [0.2, 0.25) is 0 Å². The summed E-state index contributed by atoms with van der Waals surface area (Å²) in [6.45, 7) is 4.13. The van der Waals surface area contributed by atoms with E-state index in [0.29, 0.717) is 13.1 Å². The van der Waals surface area contributed by atoms with E-state index >= 15 is 0 Å². The number of rotatable bonds is 3. The molecule has 1 fully saturated rings. The highest BCUT2D eigenvalue weighted by Crippen LogP contribution is 2.34. The van der Waals surface area contributed by atoms with E-state index in [-0.39, 0.29) is 6.04 Å². The van der Waals surface area contributed by atoms with Gasteiger partial charge in [-0.05, 0) is 41.4 Å². The van der Waals surface area contributed by atoms with Crippen LogP contribution in [0.3, 0.4) is 0 Å². The largest absolute Gasteiger partial charge is 0.389 e. The Morgan fingerprint density at radius 1 is 1.69 bits per heavy atom. The molecule has 1 saturated heterocycles. The topological polar surface area (TPSA) is 49.5 Å². The van der Waals surface area contributed by atoms with Gasteiger partial charge in [0.25, 0.3) is 0 Å². The number of thiophene rings is 1. The lowest BCUT2D eigenvalue weighted by Crippen LogP contribution is -2.35. The second-order valence-corrected chi connectivity index (χ2v) is 7.11. The summed E-state index contributed by atoms with van der Waals surface area (Å²) in [5.74, 6) is 0. The Morgan fingerprint density at radius 2 is 2.44 bits per heavy atom. The van der Waals surface area contributed by atoms with E-state index in [4.69, 9.17) is 5.73 Å². The van der Waals surface area contributed by atoms with Crippen molar-refractivity contribution in [2.24, 2.45) is 5.73 Å². The SMILES string of the molecule is CC1(O)CCN(C(CN)c2ccc(Br)s2)C1. The third kappa shape index (κ3) is 2.65. The fourth-order valence-corrected chi connectivity index (χ4v) is 3.77. The van der Waals surface area contributed by atoms with Crippen molar-refractivity contribution in [2.75, 3.05) is 19.6 Å². The molecule has 5 heteroatoms. The summed E-state index contributed by atoms with van der Waals surface area (Å²) in [4.78, 5) is 3.55. The summed E-state index contributed by atoms with van der Waals surface area (Å²) in [5, 5.41) is 9.97. The number of β-amino-alcohol motifs (C(OH)–C–C–N with tert-alkyl or cyclic N) is 1. The predicted octanol–water partition coefficient (Wildman–Crippen LogP) is 1.97. The Labute approximate surface area is 108 Å². The molecule has 0 spiro atoms. The molecule has 3 nitrogen and oxygen atoms in total. The van der Waals surface area contributed by atoms with Crippen molar-refractivity contribution in [3.63, 3.8) is 0 Å². The van der Waals surface area contributed by atoms with Crippen LogP contribution in [0.1, 0.15) is 24.3 Å². The second kappa shape index (κ2) is 4.74. The van der Waals surface area contributed by atoms with Crippen LogP contribution in [0.5, 0.6) is 0 Å². The zero-order valence-electron chi connectivity index (χ0n) is 9.32. The monoisotopic (exact) mass is 304 g/mol. The van der Waals surface area contributed by atoms with Crippen molar-refractivity contribution in [2.45, 2.75) is 25.0 Å². The Bertz CT molecular complexity index is 367. The molecule has 1 aromatic heterocycles. The summed E-state index contributed by atoms with van der Waals surface area (Å²) in [7, 11) is 0. The van der Waals surface area contributed by atoms with Crippen molar-refractivity contribution in [3.05, 3.63) is 20.8 Å². The van der Waals surface area contributed by atoms with Gasteiger partial charge in [-0.2, -0.15) is 0 Å². The van der Waals surface area contributed by atoms with Gasteiger partial charge >= 0.3 is 0 Å². The normalized spacial score (nSPS) is 28.5. The Kier molecular flexibility index (Phi) is 3.71. The molecule has 1 aliphatic rings. The molecule has 2 heterocycles. The Hall–Kier alpha value is 0.0600. The summed E-state index contributed by atoms with van der Waals surface area (Å²) >= 11 is 5.19. The molecule has 0 radical (unpaired) electrons. The lowest BCUT2D eigenvalue weighted by Gasteiger charge is -2.26. The van der Waals surface area contributed by atoms with Crippen molar-refractivity contribution in [1.82, 2.24) is 4.90 Å². The van der Waals surface area contributed by atoms with Crippen LogP contribution >= 0.6 is 27.3 Å². The molecule has 3 N–H and O–H groups in total. The molecule has 0 amide bonds. The molecule has 0 saturated carbocycles. The van der Waals surface area contributed by atoms with Crippen LogP contribution in [0, 0.1) is 0 Å². The van der Waals surface area contributed by atoms with E-state index in [2.05, 4.69) is 33.0 Å². The maximum absolute atomic E-state index is 9.97. The molecule has 2 unspecified atom stereocenters. The minimum atomic E-state index is -0.554. The van der Waals surface area contributed by atoms with Crippen molar-refractivity contribution in [1.29, 1.82) is 0 Å². The first-order valence-corrected chi connectivity index (χ1v) is 7.04. The minimum absolute atomic E-state index is 0.241. The lowest BCUT2D eigenvalue weighted by atomic mass is 10.1. The van der Waals surface area contributed by atoms with Crippen LogP contribution in [-0.2, 0) is 0 Å². The standard InChI is InChI=1S/C11H17BrN2OS/c1-11(15)4-5-14(7-11)8(6-13)9-2-3-10(12)16-9/h2-3,8,15H,4-7,13H2,1H3. The van der Waals surface area contributed by atoms with Gasteiger partial charge in [0.1, 0.15) is 0 Å². The smallest absolute Gasteiger partial charge is 0.0758 e. The molecule has 90 valence electrons. The highest BCUT2D eigenvalue weighted by atomic mass is 79.9. The number of nitrogens with two attached hydrogens (primary N) is 1. The number of hydrogen-bond donors (Lipinski definition) is 2. The zero-order chi connectivity index (χ0) is 11.8. The minimum Gasteiger partial charge on any atom is -0.389 e. The summed E-state index contributed by atoms with van der Waals surface area (Å²) < 4.78 is 1.13. The maximum atomic E-state index is 9.97. The van der Waals surface area contributed by atoms with E-state index in [9.17, 15) is 5.11 Å². The van der Waals surface area contributed by atoms with Gasteiger partial charge in [-0.1, -0.05) is 0 Å².